The molecular weight excluding hydrogens is 526 g/mol. The summed E-state index contributed by atoms with van der Waals surface area (Å²) in [7, 11) is -4.19. The van der Waals surface area contributed by atoms with Crippen LogP contribution in [-0.2, 0) is 32.6 Å². The first-order valence-electron chi connectivity index (χ1n) is 13.6. The number of rotatable bonds is 9. The highest BCUT2D eigenvalue weighted by molar-refractivity contribution is 7.90. The van der Waals surface area contributed by atoms with Crippen LogP contribution in [0.15, 0.2) is 83.8 Å². The Balaban J connectivity index is 1.50. The Morgan fingerprint density at radius 1 is 0.950 bits per heavy atom. The SMILES string of the molecule is Cc1ccccc1CN(C(=O)CN1C(=O)c2ccccc2S1(=O)=O)[C@@H](Cc1ccccc1)C(=O)NC1CCCC1. The molecule has 2 aliphatic rings. The van der Waals surface area contributed by atoms with Crippen molar-refractivity contribution in [2.24, 2.45) is 0 Å². The van der Waals surface area contributed by atoms with Crippen LogP contribution in [0.2, 0.25) is 0 Å². The molecule has 3 amide bonds. The molecule has 1 heterocycles. The average molecular weight is 560 g/mol. The zero-order valence-corrected chi connectivity index (χ0v) is 23.3. The minimum Gasteiger partial charge on any atom is -0.352 e. The van der Waals surface area contributed by atoms with Gasteiger partial charge in [0.05, 0.1) is 5.56 Å². The van der Waals surface area contributed by atoms with Gasteiger partial charge in [0, 0.05) is 19.0 Å². The first-order valence-corrected chi connectivity index (χ1v) is 15.0. The minimum atomic E-state index is -4.19. The number of carbonyl (C=O) groups excluding carboxylic acids is 3. The second-order valence-electron chi connectivity index (χ2n) is 10.5. The summed E-state index contributed by atoms with van der Waals surface area (Å²) in [6, 6.07) is 22.1. The number of nitrogens with zero attached hydrogens (tertiary/aromatic N) is 2. The van der Waals surface area contributed by atoms with Gasteiger partial charge in [0.15, 0.2) is 0 Å². The number of nitrogens with one attached hydrogen (secondary N) is 1. The van der Waals surface area contributed by atoms with E-state index in [0.717, 1.165) is 42.4 Å². The van der Waals surface area contributed by atoms with Gasteiger partial charge in [0.25, 0.3) is 15.9 Å². The fourth-order valence-corrected chi connectivity index (χ4v) is 7.01. The van der Waals surface area contributed by atoms with Gasteiger partial charge in [0.1, 0.15) is 17.5 Å². The molecule has 0 saturated heterocycles. The van der Waals surface area contributed by atoms with Crippen LogP contribution in [0.4, 0.5) is 0 Å². The predicted octanol–water partition coefficient (Wildman–Crippen LogP) is 3.84. The van der Waals surface area contributed by atoms with E-state index >= 15 is 0 Å². The summed E-state index contributed by atoms with van der Waals surface area (Å²) in [4.78, 5) is 42.3. The van der Waals surface area contributed by atoms with Gasteiger partial charge < -0.3 is 10.2 Å². The van der Waals surface area contributed by atoms with E-state index < -0.39 is 34.4 Å². The van der Waals surface area contributed by atoms with Crippen LogP contribution in [0.3, 0.4) is 0 Å². The summed E-state index contributed by atoms with van der Waals surface area (Å²) in [5.41, 5.74) is 2.68. The molecule has 208 valence electrons. The highest BCUT2D eigenvalue weighted by Gasteiger charge is 2.43. The standard InChI is InChI=1S/C31H33N3O5S/c1-22-11-5-6-14-24(22)20-33(29(35)21-34-31(37)26-17-9-10-18-28(26)40(34,38)39)27(19-23-12-3-2-4-13-23)30(36)32-25-15-7-8-16-25/h2-6,9-14,17-18,25,27H,7-8,15-16,19-21H2,1H3,(H,32,36)/t27-/m0/s1. The Bertz CT molecular complexity index is 1520. The fourth-order valence-electron chi connectivity index (χ4n) is 5.49. The van der Waals surface area contributed by atoms with Crippen molar-refractivity contribution < 1.29 is 22.8 Å². The third-order valence-electron chi connectivity index (χ3n) is 7.77. The summed E-state index contributed by atoms with van der Waals surface area (Å²) in [5, 5.41) is 3.14. The molecule has 1 N–H and O–H groups in total. The lowest BCUT2D eigenvalue weighted by Gasteiger charge is -2.33. The zero-order chi connectivity index (χ0) is 28.3. The zero-order valence-electron chi connectivity index (χ0n) is 22.5. The number of hydrogen-bond donors (Lipinski definition) is 1. The minimum absolute atomic E-state index is 0.0382. The van der Waals surface area contributed by atoms with Crippen LogP contribution >= 0.6 is 0 Å². The van der Waals surface area contributed by atoms with Gasteiger partial charge in [-0.05, 0) is 48.6 Å². The lowest BCUT2D eigenvalue weighted by Crippen LogP contribution is -2.54. The molecule has 40 heavy (non-hydrogen) atoms. The van der Waals surface area contributed by atoms with Crippen LogP contribution in [0, 0.1) is 6.92 Å². The number of fused-ring (bicyclic) bond motifs is 1. The molecule has 0 radical (unpaired) electrons. The second-order valence-corrected chi connectivity index (χ2v) is 12.3. The van der Waals surface area contributed by atoms with E-state index in [1.807, 2.05) is 61.5 Å². The Kier molecular flexibility index (Phi) is 8.02. The highest BCUT2D eigenvalue weighted by Crippen LogP contribution is 2.30. The van der Waals surface area contributed by atoms with Crippen LogP contribution in [0.25, 0.3) is 0 Å². The van der Waals surface area contributed by atoms with Gasteiger partial charge in [0.2, 0.25) is 11.8 Å². The normalized spacial score (nSPS) is 16.9. The Morgan fingerprint density at radius 3 is 2.30 bits per heavy atom. The largest absolute Gasteiger partial charge is 0.352 e. The molecule has 5 rings (SSSR count). The van der Waals surface area contributed by atoms with Crippen LogP contribution in [0.1, 0.15) is 52.7 Å². The van der Waals surface area contributed by atoms with E-state index in [0.29, 0.717) is 4.31 Å². The van der Waals surface area contributed by atoms with Crippen molar-refractivity contribution in [3.05, 3.63) is 101 Å². The van der Waals surface area contributed by atoms with Crippen molar-refractivity contribution in [2.45, 2.75) is 62.6 Å². The van der Waals surface area contributed by atoms with Crippen molar-refractivity contribution in [3.63, 3.8) is 0 Å². The third kappa shape index (κ3) is 5.65. The molecule has 9 heteroatoms. The first kappa shape index (κ1) is 27.6. The van der Waals surface area contributed by atoms with E-state index in [1.165, 1.54) is 17.0 Å². The van der Waals surface area contributed by atoms with Gasteiger partial charge in [-0.3, -0.25) is 14.4 Å². The van der Waals surface area contributed by atoms with Gasteiger partial charge in [-0.25, -0.2) is 12.7 Å². The number of aryl methyl sites for hydroxylation is 1. The molecule has 0 spiro atoms. The molecule has 1 saturated carbocycles. The lowest BCUT2D eigenvalue weighted by molar-refractivity contribution is -0.141. The Hall–Kier alpha value is -3.98. The summed E-state index contributed by atoms with van der Waals surface area (Å²) < 4.78 is 27.1. The average Bonchev–Trinajstić information content (AvgIpc) is 3.53. The summed E-state index contributed by atoms with van der Waals surface area (Å²) in [6.45, 7) is 1.33. The van der Waals surface area contributed by atoms with Crippen molar-refractivity contribution >= 4 is 27.7 Å². The Labute approximate surface area is 235 Å². The van der Waals surface area contributed by atoms with E-state index in [2.05, 4.69) is 5.32 Å². The van der Waals surface area contributed by atoms with Gasteiger partial charge in [-0.15, -0.1) is 0 Å². The molecule has 1 aliphatic carbocycles. The molecule has 3 aromatic rings. The predicted molar refractivity (Wildman–Crippen MR) is 151 cm³/mol. The molecule has 3 aromatic carbocycles. The van der Waals surface area contributed by atoms with Crippen LogP contribution < -0.4 is 5.32 Å². The van der Waals surface area contributed by atoms with E-state index in [9.17, 15) is 22.8 Å². The highest BCUT2D eigenvalue weighted by atomic mass is 32.2. The van der Waals surface area contributed by atoms with Crippen LogP contribution in [-0.4, -0.2) is 54.0 Å². The van der Waals surface area contributed by atoms with Crippen LogP contribution in [0.5, 0.6) is 0 Å². The first-order chi connectivity index (χ1) is 19.3. The number of amides is 3. The van der Waals surface area contributed by atoms with Gasteiger partial charge >= 0.3 is 0 Å². The van der Waals surface area contributed by atoms with Crippen molar-refractivity contribution in [1.82, 2.24) is 14.5 Å². The van der Waals surface area contributed by atoms with E-state index in [1.54, 1.807) is 12.1 Å². The molecule has 0 aromatic heterocycles. The molecule has 0 bridgehead atoms. The molecule has 8 nitrogen and oxygen atoms in total. The monoisotopic (exact) mass is 559 g/mol. The lowest BCUT2D eigenvalue weighted by atomic mass is 10.0. The van der Waals surface area contributed by atoms with E-state index in [4.69, 9.17) is 0 Å². The molecule has 1 fully saturated rings. The topological polar surface area (TPSA) is 104 Å². The summed E-state index contributed by atoms with van der Waals surface area (Å²) in [6.07, 6.45) is 4.09. The quantitative estimate of drug-likeness (QED) is 0.429. The number of carbonyl (C=O) groups is 3. The van der Waals surface area contributed by atoms with Crippen molar-refractivity contribution in [3.8, 4) is 0 Å². The molecule has 1 aliphatic heterocycles. The van der Waals surface area contributed by atoms with Crippen molar-refractivity contribution in [1.29, 1.82) is 0 Å². The van der Waals surface area contributed by atoms with Gasteiger partial charge in [-0.1, -0.05) is 79.6 Å². The summed E-state index contributed by atoms with van der Waals surface area (Å²) >= 11 is 0. The Morgan fingerprint density at radius 2 is 1.60 bits per heavy atom. The maximum absolute atomic E-state index is 14.1. The fraction of sp³-hybridized carbons (Fsp3) is 0.323. The molecular formula is C31H33N3O5S. The smallest absolute Gasteiger partial charge is 0.269 e. The second kappa shape index (κ2) is 11.6. The molecule has 1 atom stereocenters. The molecule has 0 unspecified atom stereocenters. The summed E-state index contributed by atoms with van der Waals surface area (Å²) in [5.74, 6) is -1.64. The van der Waals surface area contributed by atoms with E-state index in [-0.39, 0.29) is 35.4 Å². The number of sulfonamides is 1. The van der Waals surface area contributed by atoms with Crippen molar-refractivity contribution in [2.75, 3.05) is 6.54 Å². The number of hydrogen-bond acceptors (Lipinski definition) is 5. The van der Waals surface area contributed by atoms with Gasteiger partial charge in [-0.2, -0.15) is 0 Å². The maximum Gasteiger partial charge on any atom is 0.269 e. The third-order valence-corrected chi connectivity index (χ3v) is 9.55. The number of benzene rings is 3. The maximum atomic E-state index is 14.1.